The van der Waals surface area contributed by atoms with Gasteiger partial charge in [0.25, 0.3) is 0 Å². The zero-order chi connectivity index (χ0) is 17.0. The van der Waals surface area contributed by atoms with Crippen molar-refractivity contribution in [1.82, 2.24) is 4.90 Å². The predicted octanol–water partition coefficient (Wildman–Crippen LogP) is 5.58. The number of carbonyl (C=O) groups is 1. The Bertz CT molecular complexity index is 437. The third kappa shape index (κ3) is 4.61. The van der Waals surface area contributed by atoms with Crippen molar-refractivity contribution in [2.75, 3.05) is 6.54 Å². The predicted molar refractivity (Wildman–Crippen MR) is 98.3 cm³/mol. The molecule has 2 heteroatoms. The largest absolute Gasteiger partial charge is 0.336 e. The fourth-order valence-corrected chi connectivity index (χ4v) is 4.68. The lowest BCUT2D eigenvalue weighted by Gasteiger charge is -2.41. The molecule has 23 heavy (non-hydrogen) atoms. The number of unbranched alkanes of at least 4 members (excludes halogenated alkanes) is 3. The molecule has 1 fully saturated rings. The number of carbonyl (C=O) groups excluding carboxylic acids is 1. The molecule has 0 saturated carbocycles. The van der Waals surface area contributed by atoms with Crippen LogP contribution in [0, 0.1) is 17.8 Å². The molecule has 1 saturated heterocycles. The average Bonchev–Trinajstić information content (AvgIpc) is 2.60. The molecular weight excluding hydrogens is 282 g/mol. The van der Waals surface area contributed by atoms with E-state index in [4.69, 9.17) is 0 Å². The van der Waals surface area contributed by atoms with E-state index in [-0.39, 0.29) is 0 Å². The summed E-state index contributed by atoms with van der Waals surface area (Å²) >= 11 is 0. The number of fused-ring (bicyclic) bond motifs is 1. The fraction of sp³-hybridized carbons (Fsp3) is 0.857. The number of amides is 1. The molecule has 0 aliphatic carbocycles. The summed E-state index contributed by atoms with van der Waals surface area (Å²) in [6.45, 7) is 12.5. The Morgan fingerprint density at radius 2 is 1.83 bits per heavy atom. The molecular formula is C21H37NO. The summed E-state index contributed by atoms with van der Waals surface area (Å²) in [5.41, 5.74) is 3.31. The van der Waals surface area contributed by atoms with E-state index in [1.807, 2.05) is 0 Å². The Morgan fingerprint density at radius 3 is 2.48 bits per heavy atom. The number of hydrogen-bond acceptors (Lipinski definition) is 1. The molecule has 0 radical (unpaired) electrons. The molecule has 3 unspecified atom stereocenters. The Morgan fingerprint density at radius 1 is 1.09 bits per heavy atom. The standard InChI is InChI=1S/C21H37NO/c1-6-7-8-9-10-18-11-17(5)14-22-19(21(18)15(2)3)12-16(4)13-20(22)23/h15-17,19H,6-14H2,1-5H3. The minimum absolute atomic E-state index is 0.386. The van der Waals surface area contributed by atoms with Gasteiger partial charge in [0.1, 0.15) is 0 Å². The van der Waals surface area contributed by atoms with Crippen molar-refractivity contribution in [2.45, 2.75) is 92.0 Å². The molecule has 2 aliphatic rings. The van der Waals surface area contributed by atoms with Gasteiger partial charge in [-0.1, -0.05) is 59.5 Å². The fourth-order valence-electron chi connectivity index (χ4n) is 4.68. The zero-order valence-corrected chi connectivity index (χ0v) is 16.0. The SMILES string of the molecule is CCCCCCC1=C(C(C)C)C2CC(C)CC(=O)N2CC(C)C1. The van der Waals surface area contributed by atoms with Crippen LogP contribution in [0.5, 0.6) is 0 Å². The maximum absolute atomic E-state index is 12.6. The van der Waals surface area contributed by atoms with Crippen molar-refractivity contribution < 1.29 is 4.79 Å². The third-order valence-corrected chi connectivity index (χ3v) is 5.67. The van der Waals surface area contributed by atoms with Gasteiger partial charge in [-0.15, -0.1) is 0 Å². The molecule has 2 aliphatic heterocycles. The molecule has 2 rings (SSSR count). The van der Waals surface area contributed by atoms with E-state index in [1.54, 1.807) is 11.1 Å². The van der Waals surface area contributed by atoms with Crippen LogP contribution in [0.4, 0.5) is 0 Å². The molecule has 0 N–H and O–H groups in total. The monoisotopic (exact) mass is 319 g/mol. The molecule has 2 heterocycles. The highest BCUT2D eigenvalue weighted by Gasteiger charge is 2.38. The van der Waals surface area contributed by atoms with Gasteiger partial charge < -0.3 is 4.90 Å². The summed E-state index contributed by atoms with van der Waals surface area (Å²) in [6, 6.07) is 0.386. The number of piperidine rings is 1. The quantitative estimate of drug-likeness (QED) is 0.462. The summed E-state index contributed by atoms with van der Waals surface area (Å²) < 4.78 is 0. The zero-order valence-electron chi connectivity index (χ0n) is 16.0. The second kappa shape index (κ2) is 8.35. The Balaban J connectivity index is 2.26. The first-order valence-corrected chi connectivity index (χ1v) is 9.95. The lowest BCUT2D eigenvalue weighted by Crippen LogP contribution is -2.48. The lowest BCUT2D eigenvalue weighted by molar-refractivity contribution is -0.137. The topological polar surface area (TPSA) is 20.3 Å². The van der Waals surface area contributed by atoms with E-state index in [2.05, 4.69) is 39.5 Å². The van der Waals surface area contributed by atoms with Crippen LogP contribution in [0.25, 0.3) is 0 Å². The molecule has 1 amide bonds. The molecule has 132 valence electrons. The molecule has 3 atom stereocenters. The van der Waals surface area contributed by atoms with E-state index in [0.717, 1.165) is 13.0 Å². The van der Waals surface area contributed by atoms with E-state index in [0.29, 0.717) is 29.7 Å². The van der Waals surface area contributed by atoms with Crippen LogP contribution in [-0.2, 0) is 4.79 Å². The summed E-state index contributed by atoms with van der Waals surface area (Å²) in [6.07, 6.45) is 9.70. The first kappa shape index (κ1) is 18.5. The van der Waals surface area contributed by atoms with Crippen molar-refractivity contribution >= 4 is 5.91 Å². The second-order valence-electron chi connectivity index (χ2n) is 8.44. The molecule has 0 bridgehead atoms. The van der Waals surface area contributed by atoms with Gasteiger partial charge in [0, 0.05) is 13.0 Å². The number of rotatable bonds is 6. The Labute approximate surface area is 143 Å². The Kier molecular flexibility index (Phi) is 6.73. The third-order valence-electron chi connectivity index (χ3n) is 5.67. The van der Waals surface area contributed by atoms with Crippen molar-refractivity contribution in [3.63, 3.8) is 0 Å². The minimum Gasteiger partial charge on any atom is -0.336 e. The summed E-state index contributed by atoms with van der Waals surface area (Å²) in [5, 5.41) is 0. The number of allylic oxidation sites excluding steroid dienone is 1. The van der Waals surface area contributed by atoms with E-state index in [9.17, 15) is 4.79 Å². The van der Waals surface area contributed by atoms with Crippen molar-refractivity contribution in [3.05, 3.63) is 11.1 Å². The highest BCUT2D eigenvalue weighted by Crippen LogP contribution is 2.39. The average molecular weight is 320 g/mol. The second-order valence-corrected chi connectivity index (χ2v) is 8.44. The Hall–Kier alpha value is -0.790. The van der Waals surface area contributed by atoms with E-state index >= 15 is 0 Å². The highest BCUT2D eigenvalue weighted by atomic mass is 16.2. The van der Waals surface area contributed by atoms with Crippen molar-refractivity contribution in [1.29, 1.82) is 0 Å². The van der Waals surface area contributed by atoms with Gasteiger partial charge in [-0.25, -0.2) is 0 Å². The van der Waals surface area contributed by atoms with Crippen LogP contribution < -0.4 is 0 Å². The number of nitrogens with zero attached hydrogens (tertiary/aromatic N) is 1. The smallest absolute Gasteiger partial charge is 0.223 e. The van der Waals surface area contributed by atoms with Crippen LogP contribution in [0.15, 0.2) is 11.1 Å². The highest BCUT2D eigenvalue weighted by molar-refractivity contribution is 5.78. The van der Waals surface area contributed by atoms with Crippen LogP contribution in [0.3, 0.4) is 0 Å². The van der Waals surface area contributed by atoms with Crippen LogP contribution in [0.1, 0.15) is 86.0 Å². The maximum Gasteiger partial charge on any atom is 0.223 e. The maximum atomic E-state index is 12.6. The molecule has 0 aromatic heterocycles. The molecule has 0 aromatic carbocycles. The molecule has 2 nitrogen and oxygen atoms in total. The van der Waals surface area contributed by atoms with Crippen molar-refractivity contribution in [2.24, 2.45) is 17.8 Å². The van der Waals surface area contributed by atoms with Gasteiger partial charge >= 0.3 is 0 Å². The summed E-state index contributed by atoms with van der Waals surface area (Å²) in [4.78, 5) is 14.8. The lowest BCUT2D eigenvalue weighted by atomic mass is 9.80. The van der Waals surface area contributed by atoms with Crippen molar-refractivity contribution in [3.8, 4) is 0 Å². The van der Waals surface area contributed by atoms with Gasteiger partial charge in [-0.2, -0.15) is 0 Å². The summed E-state index contributed by atoms with van der Waals surface area (Å²) in [5.74, 6) is 2.09. The van der Waals surface area contributed by atoms with E-state index < -0.39 is 0 Å². The normalized spacial score (nSPS) is 29.0. The first-order chi connectivity index (χ1) is 10.9. The van der Waals surface area contributed by atoms with E-state index in [1.165, 1.54) is 44.9 Å². The summed E-state index contributed by atoms with van der Waals surface area (Å²) in [7, 11) is 0. The van der Waals surface area contributed by atoms with Gasteiger partial charge in [0.15, 0.2) is 0 Å². The minimum atomic E-state index is 0.386. The van der Waals surface area contributed by atoms with Gasteiger partial charge in [-0.05, 0) is 49.0 Å². The molecule has 0 spiro atoms. The van der Waals surface area contributed by atoms with Crippen LogP contribution in [0.2, 0.25) is 0 Å². The van der Waals surface area contributed by atoms with Crippen LogP contribution >= 0.6 is 0 Å². The number of hydrogen-bond donors (Lipinski definition) is 0. The van der Waals surface area contributed by atoms with Gasteiger partial charge in [-0.3, -0.25) is 4.79 Å². The van der Waals surface area contributed by atoms with Gasteiger partial charge in [0.2, 0.25) is 5.91 Å². The first-order valence-electron chi connectivity index (χ1n) is 9.95. The van der Waals surface area contributed by atoms with Crippen LogP contribution in [-0.4, -0.2) is 23.4 Å². The van der Waals surface area contributed by atoms with Gasteiger partial charge in [0.05, 0.1) is 6.04 Å². The molecule has 0 aromatic rings.